The first-order valence-corrected chi connectivity index (χ1v) is 20.2. The molecule has 10 atom stereocenters. The predicted octanol–water partition coefficient (Wildman–Crippen LogP) is 3.84. The average Bonchev–Trinajstić information content (AvgIpc) is 3.26. The number of benzene rings is 4. The molecule has 6 rings (SSSR count). The lowest BCUT2D eigenvalue weighted by atomic mass is 9.87. The topological polar surface area (TPSA) is 217 Å². The molecule has 0 aromatic heterocycles. The standard InChI is InChI=1S/2C22H27ClO7.CH4/c2*1-3-29-16-7-4-13(5-8-16)10-14-11-15(6-9-17(14)23)22(28-2)21(27)20(26)19(25)18(12-24)30-22;/h2*4-9,11,18-21,24-27H,3,10,12H2,1-2H3;1H4/t2*18-,19-,20+,21-,22+;/m11./s1. The van der Waals surface area contributed by atoms with E-state index in [-0.39, 0.29) is 7.43 Å². The summed E-state index contributed by atoms with van der Waals surface area (Å²) in [6.45, 7) is 3.91. The van der Waals surface area contributed by atoms with Gasteiger partial charge in [0.15, 0.2) is 0 Å². The third-order valence-electron chi connectivity index (χ3n) is 10.7. The molecule has 0 unspecified atom stereocenters. The molecule has 8 N–H and O–H groups in total. The first kappa shape index (κ1) is 50.2. The van der Waals surface area contributed by atoms with Gasteiger partial charge in [-0.25, -0.2) is 0 Å². The van der Waals surface area contributed by atoms with Crippen molar-refractivity contribution in [2.45, 2.75) is 94.5 Å². The Morgan fingerprint density at radius 2 is 0.885 bits per heavy atom. The van der Waals surface area contributed by atoms with Crippen LogP contribution in [0.4, 0.5) is 0 Å². The molecule has 0 amide bonds. The van der Waals surface area contributed by atoms with E-state index in [1.165, 1.54) is 14.2 Å². The molecule has 2 aliphatic heterocycles. The summed E-state index contributed by atoms with van der Waals surface area (Å²) in [5.41, 5.74) is 4.33. The fourth-order valence-electron chi connectivity index (χ4n) is 7.37. The van der Waals surface area contributed by atoms with Crippen molar-refractivity contribution >= 4 is 23.2 Å². The second kappa shape index (κ2) is 22.3. The predicted molar refractivity (Wildman–Crippen MR) is 228 cm³/mol. The van der Waals surface area contributed by atoms with Crippen molar-refractivity contribution in [3.8, 4) is 11.5 Å². The highest BCUT2D eigenvalue weighted by atomic mass is 35.5. The molecule has 336 valence electrons. The second-order valence-corrected chi connectivity index (χ2v) is 15.2. The van der Waals surface area contributed by atoms with Crippen LogP contribution in [0.3, 0.4) is 0 Å². The Kier molecular flexibility index (Phi) is 18.3. The third kappa shape index (κ3) is 10.9. The zero-order valence-electron chi connectivity index (χ0n) is 33.7. The molecule has 0 radical (unpaired) electrons. The number of aliphatic hydroxyl groups is 8. The molecule has 4 aromatic rings. The number of halogens is 2. The molecule has 0 saturated carbocycles. The highest BCUT2D eigenvalue weighted by Crippen LogP contribution is 2.42. The largest absolute Gasteiger partial charge is 0.494 e. The van der Waals surface area contributed by atoms with Gasteiger partial charge in [0.1, 0.15) is 60.3 Å². The minimum absolute atomic E-state index is 0. The highest BCUT2D eigenvalue weighted by Gasteiger charge is 2.56. The molecule has 16 heteroatoms. The molecular formula is C45H58Cl2O14. The Bertz CT molecular complexity index is 1830. The van der Waals surface area contributed by atoms with Crippen molar-refractivity contribution in [2.75, 3.05) is 40.6 Å². The Labute approximate surface area is 366 Å². The summed E-state index contributed by atoms with van der Waals surface area (Å²) >= 11 is 12.8. The Morgan fingerprint density at radius 1 is 0.541 bits per heavy atom. The minimum Gasteiger partial charge on any atom is -0.494 e. The quantitative estimate of drug-likeness (QED) is 0.0904. The normalized spacial score (nSPS) is 28.6. The van der Waals surface area contributed by atoms with Crippen molar-refractivity contribution in [1.82, 2.24) is 0 Å². The van der Waals surface area contributed by atoms with Gasteiger partial charge in [0.2, 0.25) is 11.6 Å². The summed E-state index contributed by atoms with van der Waals surface area (Å²) in [6, 6.07) is 25.3. The van der Waals surface area contributed by atoms with Gasteiger partial charge in [0, 0.05) is 35.4 Å². The van der Waals surface area contributed by atoms with Crippen LogP contribution in [0.1, 0.15) is 54.7 Å². The van der Waals surface area contributed by atoms with Gasteiger partial charge < -0.3 is 69.3 Å². The van der Waals surface area contributed by atoms with Gasteiger partial charge >= 0.3 is 0 Å². The lowest BCUT2D eigenvalue weighted by Gasteiger charge is -2.47. The fourth-order valence-corrected chi connectivity index (χ4v) is 7.74. The van der Waals surface area contributed by atoms with Gasteiger partial charge in [0.05, 0.1) is 26.4 Å². The van der Waals surface area contributed by atoms with Crippen molar-refractivity contribution in [1.29, 1.82) is 0 Å². The van der Waals surface area contributed by atoms with Crippen LogP contribution in [-0.2, 0) is 43.4 Å². The van der Waals surface area contributed by atoms with Crippen LogP contribution in [-0.4, -0.2) is 130 Å². The Morgan fingerprint density at radius 3 is 1.18 bits per heavy atom. The van der Waals surface area contributed by atoms with Gasteiger partial charge in [-0.1, -0.05) is 67.0 Å². The average molecular weight is 894 g/mol. The molecule has 0 bridgehead atoms. The first-order valence-electron chi connectivity index (χ1n) is 19.5. The molecule has 0 aliphatic carbocycles. The molecule has 2 fully saturated rings. The number of methoxy groups -OCH3 is 2. The van der Waals surface area contributed by atoms with Crippen LogP contribution in [0.2, 0.25) is 10.0 Å². The molecule has 2 heterocycles. The second-order valence-electron chi connectivity index (χ2n) is 14.4. The van der Waals surface area contributed by atoms with Crippen LogP contribution in [0, 0.1) is 0 Å². The van der Waals surface area contributed by atoms with Gasteiger partial charge in [-0.3, -0.25) is 0 Å². The highest BCUT2D eigenvalue weighted by molar-refractivity contribution is 6.31. The number of hydrogen-bond acceptors (Lipinski definition) is 14. The number of aliphatic hydroxyl groups excluding tert-OH is 8. The van der Waals surface area contributed by atoms with E-state index in [1.807, 2.05) is 62.4 Å². The van der Waals surface area contributed by atoms with E-state index in [4.69, 9.17) is 51.6 Å². The number of ether oxygens (including phenoxy) is 6. The van der Waals surface area contributed by atoms with Crippen LogP contribution in [0.25, 0.3) is 0 Å². The van der Waals surface area contributed by atoms with E-state index >= 15 is 0 Å². The van der Waals surface area contributed by atoms with Gasteiger partial charge in [-0.2, -0.15) is 0 Å². The van der Waals surface area contributed by atoms with E-state index in [0.717, 1.165) is 33.8 Å². The van der Waals surface area contributed by atoms with Crippen LogP contribution >= 0.6 is 23.2 Å². The summed E-state index contributed by atoms with van der Waals surface area (Å²) in [5, 5.41) is 82.1. The maximum absolute atomic E-state index is 10.7. The summed E-state index contributed by atoms with van der Waals surface area (Å²) in [4.78, 5) is 0. The van der Waals surface area contributed by atoms with Crippen molar-refractivity contribution < 1.29 is 69.3 Å². The Balaban J connectivity index is 0.000000264. The van der Waals surface area contributed by atoms with Gasteiger partial charge in [-0.05, 0) is 97.5 Å². The third-order valence-corrected chi connectivity index (χ3v) is 11.4. The van der Waals surface area contributed by atoms with Gasteiger partial charge in [0.25, 0.3) is 0 Å². The van der Waals surface area contributed by atoms with E-state index < -0.39 is 73.6 Å². The summed E-state index contributed by atoms with van der Waals surface area (Å²) in [7, 11) is 2.64. The SMILES string of the molecule is C.CCOc1ccc(Cc2cc([C@]3(OC)O[C@H](CO)[C@@H](O)[C@H](O)[C@H]3O)ccc2Cl)cc1.CCOc1ccc(Cc2cc([C@]3(OC)O[C@H](CO)[C@@H](O)[C@H](O)[C@H]3O)ccc2Cl)cc1. The summed E-state index contributed by atoms with van der Waals surface area (Å²) in [6.07, 6.45) is -10.5. The van der Waals surface area contributed by atoms with Crippen molar-refractivity contribution in [3.63, 3.8) is 0 Å². The van der Waals surface area contributed by atoms with Crippen molar-refractivity contribution in [3.05, 3.63) is 128 Å². The molecule has 14 nitrogen and oxygen atoms in total. The van der Waals surface area contributed by atoms with E-state index in [0.29, 0.717) is 47.2 Å². The van der Waals surface area contributed by atoms with E-state index in [2.05, 4.69) is 0 Å². The number of hydrogen-bond donors (Lipinski definition) is 8. The maximum atomic E-state index is 10.7. The Hall–Kier alpha value is -3.42. The molecule has 61 heavy (non-hydrogen) atoms. The van der Waals surface area contributed by atoms with Crippen LogP contribution in [0.15, 0.2) is 84.9 Å². The molecule has 4 aromatic carbocycles. The van der Waals surface area contributed by atoms with Gasteiger partial charge in [-0.15, -0.1) is 0 Å². The monoisotopic (exact) mass is 892 g/mol. The smallest absolute Gasteiger partial charge is 0.224 e. The molecule has 2 saturated heterocycles. The van der Waals surface area contributed by atoms with Crippen LogP contribution in [0.5, 0.6) is 11.5 Å². The summed E-state index contributed by atoms with van der Waals surface area (Å²) < 4.78 is 33.4. The zero-order valence-corrected chi connectivity index (χ0v) is 35.2. The zero-order chi connectivity index (χ0) is 43.8. The number of rotatable bonds is 14. The molecule has 2 aliphatic rings. The van der Waals surface area contributed by atoms with E-state index in [9.17, 15) is 40.9 Å². The van der Waals surface area contributed by atoms with Crippen LogP contribution < -0.4 is 9.47 Å². The lowest BCUT2D eigenvalue weighted by Crippen LogP contribution is -2.64. The molecule has 0 spiro atoms. The molecular weight excluding hydrogens is 835 g/mol. The van der Waals surface area contributed by atoms with E-state index in [1.54, 1.807) is 36.4 Å². The summed E-state index contributed by atoms with van der Waals surface area (Å²) in [5.74, 6) is -1.99. The minimum atomic E-state index is -1.77. The van der Waals surface area contributed by atoms with Crippen molar-refractivity contribution in [2.24, 2.45) is 0 Å². The fraction of sp³-hybridized carbons (Fsp3) is 0.467. The maximum Gasteiger partial charge on any atom is 0.224 e. The first-order chi connectivity index (χ1) is 28.7. The lowest BCUT2D eigenvalue weighted by molar-refractivity contribution is -0.366.